The van der Waals surface area contributed by atoms with Gasteiger partial charge in [-0.05, 0) is 31.5 Å². The van der Waals surface area contributed by atoms with Crippen molar-refractivity contribution in [1.82, 2.24) is 0 Å². The number of amides is 1. The van der Waals surface area contributed by atoms with Gasteiger partial charge in [0.2, 0.25) is 0 Å². The molecule has 2 heterocycles. The summed E-state index contributed by atoms with van der Waals surface area (Å²) in [6.07, 6.45) is 0.413. The molecule has 0 aromatic heterocycles. The fourth-order valence-electron chi connectivity index (χ4n) is 2.61. The van der Waals surface area contributed by atoms with Crippen LogP contribution >= 0.6 is 0 Å². The Morgan fingerprint density at radius 3 is 2.55 bits per heavy atom. The molecule has 0 unspecified atom stereocenters. The summed E-state index contributed by atoms with van der Waals surface area (Å²) in [5.74, 6) is 0.0425. The lowest BCUT2D eigenvalue weighted by Gasteiger charge is -2.31. The molecule has 2 aliphatic rings. The van der Waals surface area contributed by atoms with Crippen LogP contribution in [0.2, 0.25) is 0 Å². The van der Waals surface area contributed by atoms with Gasteiger partial charge in [0.1, 0.15) is 0 Å². The molecule has 0 saturated carbocycles. The van der Waals surface area contributed by atoms with Crippen molar-refractivity contribution in [3.05, 3.63) is 23.8 Å². The maximum Gasteiger partial charge on any atom is 0.253 e. The predicted molar refractivity (Wildman–Crippen MR) is 79.4 cm³/mol. The van der Waals surface area contributed by atoms with Gasteiger partial charge in [-0.2, -0.15) is 10.1 Å². The maximum atomic E-state index is 12.1. The van der Waals surface area contributed by atoms with E-state index in [-0.39, 0.29) is 5.91 Å². The second-order valence-corrected chi connectivity index (χ2v) is 5.31. The van der Waals surface area contributed by atoms with Crippen molar-refractivity contribution < 1.29 is 9.53 Å². The summed E-state index contributed by atoms with van der Waals surface area (Å²) < 4.78 is 5.41. The van der Waals surface area contributed by atoms with Crippen LogP contribution in [-0.4, -0.2) is 37.9 Å². The smallest absolute Gasteiger partial charge is 0.253 e. The molecule has 0 atom stereocenters. The molecule has 1 aromatic carbocycles. The van der Waals surface area contributed by atoms with Gasteiger partial charge in [-0.15, -0.1) is 0 Å². The monoisotopic (exact) mass is 273 g/mol. The van der Waals surface area contributed by atoms with Crippen LogP contribution < -0.4 is 9.91 Å². The van der Waals surface area contributed by atoms with Crippen molar-refractivity contribution in [1.29, 1.82) is 0 Å². The Labute approximate surface area is 118 Å². The van der Waals surface area contributed by atoms with E-state index < -0.39 is 0 Å². The lowest BCUT2D eigenvalue weighted by Crippen LogP contribution is -2.37. The van der Waals surface area contributed by atoms with Crippen LogP contribution in [0.4, 0.5) is 11.4 Å². The van der Waals surface area contributed by atoms with Crippen LogP contribution in [0.15, 0.2) is 23.3 Å². The van der Waals surface area contributed by atoms with E-state index in [1.165, 1.54) is 5.56 Å². The standard InChI is InChI=1S/C15H19N3O2/c1-11-3-4-13(18-15(19)10-12(2)16-18)14(9-11)17-5-7-20-8-6-17/h3-4,9H,5-8,10H2,1-2H3. The molecule has 0 radical (unpaired) electrons. The summed E-state index contributed by atoms with van der Waals surface area (Å²) in [5, 5.41) is 5.91. The number of nitrogens with zero attached hydrogens (tertiary/aromatic N) is 3. The summed E-state index contributed by atoms with van der Waals surface area (Å²) in [7, 11) is 0. The van der Waals surface area contributed by atoms with Crippen molar-refractivity contribution in [2.24, 2.45) is 5.10 Å². The normalized spacial score (nSPS) is 19.5. The minimum atomic E-state index is 0.0425. The summed E-state index contributed by atoms with van der Waals surface area (Å²) in [6.45, 7) is 7.10. The fourth-order valence-corrected chi connectivity index (χ4v) is 2.61. The van der Waals surface area contributed by atoms with Gasteiger partial charge in [0.25, 0.3) is 5.91 Å². The van der Waals surface area contributed by atoms with Crippen LogP contribution in [0.5, 0.6) is 0 Å². The number of benzene rings is 1. The van der Waals surface area contributed by atoms with Crippen molar-refractivity contribution in [2.45, 2.75) is 20.3 Å². The van der Waals surface area contributed by atoms with Gasteiger partial charge in [0.05, 0.1) is 31.0 Å². The zero-order valence-corrected chi connectivity index (χ0v) is 11.9. The SMILES string of the molecule is CC1=NN(c2ccc(C)cc2N2CCOCC2)C(=O)C1. The van der Waals surface area contributed by atoms with Gasteiger partial charge >= 0.3 is 0 Å². The average molecular weight is 273 g/mol. The van der Waals surface area contributed by atoms with Crippen molar-refractivity contribution in [3.63, 3.8) is 0 Å². The molecular weight excluding hydrogens is 254 g/mol. The Kier molecular flexibility index (Phi) is 3.44. The lowest BCUT2D eigenvalue weighted by atomic mass is 10.1. The highest BCUT2D eigenvalue weighted by molar-refractivity contribution is 6.13. The number of morpholine rings is 1. The molecule has 5 nitrogen and oxygen atoms in total. The molecular formula is C15H19N3O2. The predicted octanol–water partition coefficient (Wildman–Crippen LogP) is 1.94. The molecule has 1 amide bonds. The zero-order chi connectivity index (χ0) is 14.1. The molecule has 0 bridgehead atoms. The second-order valence-electron chi connectivity index (χ2n) is 5.31. The number of aryl methyl sites for hydroxylation is 1. The van der Waals surface area contributed by atoms with Crippen molar-refractivity contribution in [2.75, 3.05) is 36.2 Å². The summed E-state index contributed by atoms with van der Waals surface area (Å²) >= 11 is 0. The van der Waals surface area contributed by atoms with Crippen LogP contribution in [0.1, 0.15) is 18.9 Å². The van der Waals surface area contributed by atoms with Crippen LogP contribution in [-0.2, 0) is 9.53 Å². The molecule has 0 spiro atoms. The van der Waals surface area contributed by atoms with Crippen molar-refractivity contribution in [3.8, 4) is 0 Å². The Bertz CT molecular complexity index is 562. The van der Waals surface area contributed by atoms with Gasteiger partial charge < -0.3 is 9.64 Å². The highest BCUT2D eigenvalue weighted by Crippen LogP contribution is 2.33. The fraction of sp³-hybridized carbons (Fsp3) is 0.467. The van der Waals surface area contributed by atoms with E-state index in [0.29, 0.717) is 6.42 Å². The van der Waals surface area contributed by atoms with Gasteiger partial charge in [-0.25, -0.2) is 0 Å². The molecule has 0 aliphatic carbocycles. The van der Waals surface area contributed by atoms with Crippen LogP contribution in [0.3, 0.4) is 0 Å². The topological polar surface area (TPSA) is 45.1 Å². The number of carbonyl (C=O) groups is 1. The van der Waals surface area contributed by atoms with Crippen LogP contribution in [0, 0.1) is 6.92 Å². The number of anilines is 2. The van der Waals surface area contributed by atoms with E-state index in [2.05, 4.69) is 23.0 Å². The summed E-state index contributed by atoms with van der Waals surface area (Å²) in [4.78, 5) is 14.3. The largest absolute Gasteiger partial charge is 0.378 e. The van der Waals surface area contributed by atoms with E-state index in [4.69, 9.17) is 4.74 Å². The number of hydrogen-bond acceptors (Lipinski definition) is 4. The number of rotatable bonds is 2. The van der Waals surface area contributed by atoms with E-state index in [9.17, 15) is 4.79 Å². The maximum absolute atomic E-state index is 12.1. The highest BCUT2D eigenvalue weighted by Gasteiger charge is 2.26. The third-order valence-electron chi connectivity index (χ3n) is 3.62. The molecule has 106 valence electrons. The third kappa shape index (κ3) is 2.41. The first kappa shape index (κ1) is 13.1. The number of hydrogen-bond donors (Lipinski definition) is 0. The van der Waals surface area contributed by atoms with E-state index in [1.807, 2.05) is 19.1 Å². The minimum absolute atomic E-state index is 0.0425. The molecule has 1 aromatic rings. The molecule has 1 saturated heterocycles. The minimum Gasteiger partial charge on any atom is -0.378 e. The number of carbonyl (C=O) groups excluding carboxylic acids is 1. The molecule has 1 fully saturated rings. The first-order valence-corrected chi connectivity index (χ1v) is 6.95. The molecule has 0 N–H and O–H groups in total. The highest BCUT2D eigenvalue weighted by atomic mass is 16.5. The van der Waals surface area contributed by atoms with E-state index in [1.54, 1.807) is 5.01 Å². The van der Waals surface area contributed by atoms with Gasteiger partial charge in [-0.1, -0.05) is 6.07 Å². The Morgan fingerprint density at radius 1 is 1.15 bits per heavy atom. The molecule has 20 heavy (non-hydrogen) atoms. The molecule has 5 heteroatoms. The average Bonchev–Trinajstić information content (AvgIpc) is 2.78. The third-order valence-corrected chi connectivity index (χ3v) is 3.62. The van der Waals surface area contributed by atoms with E-state index >= 15 is 0 Å². The zero-order valence-electron chi connectivity index (χ0n) is 11.9. The van der Waals surface area contributed by atoms with E-state index in [0.717, 1.165) is 43.4 Å². The van der Waals surface area contributed by atoms with Crippen molar-refractivity contribution >= 4 is 23.0 Å². The number of hydrazone groups is 1. The first-order chi connectivity index (χ1) is 9.65. The lowest BCUT2D eigenvalue weighted by molar-refractivity contribution is -0.116. The molecule has 2 aliphatic heterocycles. The van der Waals surface area contributed by atoms with Gasteiger partial charge in [0, 0.05) is 18.8 Å². The summed E-state index contributed by atoms with van der Waals surface area (Å²) in [6, 6.07) is 6.13. The Balaban J connectivity index is 1.99. The Morgan fingerprint density at radius 2 is 1.90 bits per heavy atom. The number of ether oxygens (including phenoxy) is 1. The molecule has 3 rings (SSSR count). The van der Waals surface area contributed by atoms with Gasteiger partial charge in [0.15, 0.2) is 0 Å². The first-order valence-electron chi connectivity index (χ1n) is 6.95. The Hall–Kier alpha value is -1.88. The quantitative estimate of drug-likeness (QED) is 0.827. The second kappa shape index (κ2) is 5.25. The summed E-state index contributed by atoms with van der Waals surface area (Å²) in [5.41, 5.74) is 3.99. The van der Waals surface area contributed by atoms with Crippen LogP contribution in [0.25, 0.3) is 0 Å². The van der Waals surface area contributed by atoms with Gasteiger partial charge in [-0.3, -0.25) is 4.79 Å².